The Labute approximate surface area is 187 Å². The van der Waals surface area contributed by atoms with Crippen molar-refractivity contribution in [2.45, 2.75) is 0 Å². The zero-order valence-corrected chi connectivity index (χ0v) is 17.9. The van der Waals surface area contributed by atoms with E-state index in [1.54, 1.807) is 30.3 Å². The van der Waals surface area contributed by atoms with Crippen molar-refractivity contribution in [2.75, 3.05) is 13.1 Å². The fourth-order valence-corrected chi connectivity index (χ4v) is 4.49. The lowest BCUT2D eigenvalue weighted by Crippen LogP contribution is -2.37. The molecule has 0 bridgehead atoms. The van der Waals surface area contributed by atoms with E-state index in [2.05, 4.69) is 5.32 Å². The third kappa shape index (κ3) is 5.22. The van der Waals surface area contributed by atoms with Crippen LogP contribution in [0.25, 0.3) is 6.08 Å². The van der Waals surface area contributed by atoms with Crippen LogP contribution in [-0.4, -0.2) is 35.0 Å². The molecule has 6 nitrogen and oxygen atoms in total. The van der Waals surface area contributed by atoms with E-state index in [1.165, 1.54) is 11.3 Å². The van der Waals surface area contributed by atoms with E-state index >= 15 is 0 Å². The van der Waals surface area contributed by atoms with Gasteiger partial charge in [-0.3, -0.25) is 19.3 Å². The lowest BCUT2D eigenvalue weighted by atomic mass is 10.2. The molecule has 1 aliphatic rings. The number of nitrogens with one attached hydrogen (secondary N) is 1. The van der Waals surface area contributed by atoms with Crippen LogP contribution in [0.4, 0.5) is 4.79 Å². The predicted molar refractivity (Wildman–Crippen MR) is 122 cm³/mol. The average molecular weight is 451 g/mol. The van der Waals surface area contributed by atoms with Crippen molar-refractivity contribution >= 4 is 46.2 Å². The minimum absolute atomic E-state index is 0.110. The molecule has 1 aliphatic heterocycles. The molecule has 3 amide bonds. The Morgan fingerprint density at radius 2 is 1.81 bits per heavy atom. The minimum atomic E-state index is -0.337. The van der Waals surface area contributed by atoms with E-state index in [1.807, 2.05) is 47.8 Å². The molecule has 1 saturated heterocycles. The first-order chi connectivity index (χ1) is 15.1. The minimum Gasteiger partial charge on any atom is -0.457 e. The molecule has 2 aromatic carbocycles. The Kier molecular flexibility index (Phi) is 6.49. The smallest absolute Gasteiger partial charge is 0.293 e. The largest absolute Gasteiger partial charge is 0.457 e. The molecular formula is C23H18N2O4S2. The van der Waals surface area contributed by atoms with Crippen LogP contribution in [0, 0.1) is 0 Å². The highest BCUT2D eigenvalue weighted by atomic mass is 32.2. The summed E-state index contributed by atoms with van der Waals surface area (Å²) >= 11 is 2.41. The second kappa shape index (κ2) is 9.63. The van der Waals surface area contributed by atoms with Crippen LogP contribution in [0.3, 0.4) is 0 Å². The summed E-state index contributed by atoms with van der Waals surface area (Å²) in [5, 5.41) is 4.33. The van der Waals surface area contributed by atoms with Gasteiger partial charge in [-0.15, -0.1) is 11.3 Å². The third-order valence-corrected chi connectivity index (χ3v) is 6.11. The van der Waals surface area contributed by atoms with Gasteiger partial charge in [0.25, 0.3) is 17.1 Å². The number of benzene rings is 2. The monoisotopic (exact) mass is 450 g/mol. The molecular weight excluding hydrogens is 432 g/mol. The Balaban J connectivity index is 1.33. The van der Waals surface area contributed by atoms with Gasteiger partial charge in [0.2, 0.25) is 0 Å². The van der Waals surface area contributed by atoms with Gasteiger partial charge in [0.1, 0.15) is 11.5 Å². The number of hydrogen-bond acceptors (Lipinski definition) is 6. The van der Waals surface area contributed by atoms with Crippen LogP contribution < -0.4 is 10.1 Å². The van der Waals surface area contributed by atoms with E-state index in [4.69, 9.17) is 4.74 Å². The summed E-state index contributed by atoms with van der Waals surface area (Å²) in [5.41, 5.74) is 0.431. The van der Waals surface area contributed by atoms with Gasteiger partial charge in [0, 0.05) is 23.5 Å². The molecule has 1 fully saturated rings. The molecule has 8 heteroatoms. The molecule has 0 unspecified atom stereocenters. The molecule has 0 radical (unpaired) electrons. The van der Waals surface area contributed by atoms with Crippen molar-refractivity contribution in [2.24, 2.45) is 0 Å². The molecule has 2 heterocycles. The zero-order chi connectivity index (χ0) is 21.6. The average Bonchev–Trinajstić information content (AvgIpc) is 3.38. The number of thioether (sulfide) groups is 1. The first-order valence-electron chi connectivity index (χ1n) is 9.50. The van der Waals surface area contributed by atoms with E-state index < -0.39 is 0 Å². The Hall–Kier alpha value is -3.36. The van der Waals surface area contributed by atoms with Crippen LogP contribution >= 0.6 is 23.1 Å². The summed E-state index contributed by atoms with van der Waals surface area (Å²) in [7, 11) is 0. The van der Waals surface area contributed by atoms with Gasteiger partial charge in [-0.25, -0.2) is 0 Å². The number of para-hydroxylation sites is 1. The number of nitrogens with zero attached hydrogens (tertiary/aromatic N) is 1. The molecule has 0 aliphatic carbocycles. The van der Waals surface area contributed by atoms with E-state index in [0.717, 1.165) is 21.5 Å². The first-order valence-corrected chi connectivity index (χ1v) is 11.2. The molecule has 3 aromatic rings. The third-order valence-electron chi connectivity index (χ3n) is 4.39. The molecule has 156 valence electrons. The molecule has 0 saturated carbocycles. The summed E-state index contributed by atoms with van der Waals surface area (Å²) in [6.07, 6.45) is 1.71. The number of ether oxygens (including phenoxy) is 1. The van der Waals surface area contributed by atoms with Crippen molar-refractivity contribution in [1.29, 1.82) is 0 Å². The highest BCUT2D eigenvalue weighted by Crippen LogP contribution is 2.32. The molecule has 1 N–H and O–H groups in total. The number of rotatable bonds is 7. The summed E-state index contributed by atoms with van der Waals surface area (Å²) in [5.74, 6) is 0.578. The fourth-order valence-electron chi connectivity index (χ4n) is 2.90. The van der Waals surface area contributed by atoms with Gasteiger partial charge in [-0.05, 0) is 59.6 Å². The first kappa shape index (κ1) is 20.9. The summed E-state index contributed by atoms with van der Waals surface area (Å²) < 4.78 is 5.75. The lowest BCUT2D eigenvalue weighted by molar-refractivity contribution is -0.122. The summed E-state index contributed by atoms with van der Waals surface area (Å²) in [4.78, 5) is 39.6. The molecule has 1 aromatic heterocycles. The lowest BCUT2D eigenvalue weighted by Gasteiger charge is -2.13. The molecule has 4 rings (SSSR count). The molecule has 0 atom stereocenters. The number of carbonyl (C=O) groups is 3. The van der Waals surface area contributed by atoms with Crippen LogP contribution in [0.1, 0.15) is 15.2 Å². The maximum absolute atomic E-state index is 12.5. The van der Waals surface area contributed by atoms with Crippen LogP contribution in [-0.2, 0) is 4.79 Å². The highest BCUT2D eigenvalue weighted by molar-refractivity contribution is 8.18. The number of imide groups is 1. The normalized spacial score (nSPS) is 14.8. The van der Waals surface area contributed by atoms with Crippen LogP contribution in [0.5, 0.6) is 11.5 Å². The molecule has 0 spiro atoms. The van der Waals surface area contributed by atoms with Gasteiger partial charge in [-0.1, -0.05) is 30.3 Å². The number of thiophene rings is 1. The summed E-state index contributed by atoms with van der Waals surface area (Å²) in [6, 6.07) is 19.9. The van der Waals surface area contributed by atoms with Gasteiger partial charge >= 0.3 is 0 Å². The van der Waals surface area contributed by atoms with Gasteiger partial charge in [-0.2, -0.15) is 0 Å². The Morgan fingerprint density at radius 3 is 2.58 bits per heavy atom. The SMILES string of the molecule is O=C(NCCN1C(=O)S/C(=C/c2cccs2)C1=O)c1cccc(Oc2ccccc2)c1. The van der Waals surface area contributed by atoms with Crippen LogP contribution in [0.2, 0.25) is 0 Å². The van der Waals surface area contributed by atoms with E-state index in [0.29, 0.717) is 22.0 Å². The van der Waals surface area contributed by atoms with Crippen LogP contribution in [0.15, 0.2) is 77.0 Å². The van der Waals surface area contributed by atoms with Crippen molar-refractivity contribution < 1.29 is 19.1 Å². The van der Waals surface area contributed by atoms with Gasteiger partial charge < -0.3 is 10.1 Å². The molecule has 31 heavy (non-hydrogen) atoms. The topological polar surface area (TPSA) is 75.7 Å². The van der Waals surface area contributed by atoms with Crippen molar-refractivity contribution in [3.63, 3.8) is 0 Å². The maximum Gasteiger partial charge on any atom is 0.293 e. The maximum atomic E-state index is 12.5. The van der Waals surface area contributed by atoms with Crippen molar-refractivity contribution in [3.8, 4) is 11.5 Å². The Morgan fingerprint density at radius 1 is 1.00 bits per heavy atom. The van der Waals surface area contributed by atoms with Gasteiger partial charge in [0.05, 0.1) is 4.91 Å². The quantitative estimate of drug-likeness (QED) is 0.512. The van der Waals surface area contributed by atoms with Crippen molar-refractivity contribution in [3.05, 3.63) is 87.5 Å². The fraction of sp³-hybridized carbons (Fsp3) is 0.0870. The number of carbonyl (C=O) groups excluding carboxylic acids is 3. The predicted octanol–water partition coefficient (Wildman–Crippen LogP) is 5.01. The second-order valence-electron chi connectivity index (χ2n) is 6.55. The summed E-state index contributed by atoms with van der Waals surface area (Å²) in [6.45, 7) is 0.269. The standard InChI is InChI=1S/C23H18N2O4S2/c26-21(16-6-4-9-18(14-16)29-17-7-2-1-3-8-17)24-11-12-25-22(27)20(31-23(25)28)15-19-10-5-13-30-19/h1-10,13-15H,11-12H2,(H,24,26)/b20-15+. The number of amides is 3. The number of hydrogen-bond donors (Lipinski definition) is 1. The van der Waals surface area contributed by atoms with Gasteiger partial charge in [0.15, 0.2) is 0 Å². The second-order valence-corrected chi connectivity index (χ2v) is 8.52. The van der Waals surface area contributed by atoms with Crippen molar-refractivity contribution in [1.82, 2.24) is 10.2 Å². The Bertz CT molecular complexity index is 1130. The van der Waals surface area contributed by atoms with E-state index in [9.17, 15) is 14.4 Å². The zero-order valence-electron chi connectivity index (χ0n) is 16.3. The van der Waals surface area contributed by atoms with E-state index in [-0.39, 0.29) is 30.1 Å². The highest BCUT2D eigenvalue weighted by Gasteiger charge is 2.34.